The Balaban J connectivity index is 1.83. The summed E-state index contributed by atoms with van der Waals surface area (Å²) < 4.78 is 5.84. The smallest absolute Gasteiger partial charge is 0.300 e. The van der Waals surface area contributed by atoms with Crippen molar-refractivity contribution in [1.29, 1.82) is 0 Å². The lowest BCUT2D eigenvalue weighted by molar-refractivity contribution is -0.132. The number of para-hydroxylation sites is 1. The maximum absolute atomic E-state index is 13.2. The number of aryl methyl sites for hydroxylation is 2. The van der Waals surface area contributed by atoms with Crippen molar-refractivity contribution in [2.24, 2.45) is 5.92 Å². The van der Waals surface area contributed by atoms with E-state index in [1.807, 2.05) is 43.5 Å². The normalized spacial score (nSPS) is 17.7. The second-order valence-electron chi connectivity index (χ2n) is 8.66. The number of amides is 1. The van der Waals surface area contributed by atoms with Crippen LogP contribution in [-0.2, 0) is 9.59 Å². The topological polar surface area (TPSA) is 66.8 Å². The van der Waals surface area contributed by atoms with E-state index < -0.39 is 17.7 Å². The molecule has 0 radical (unpaired) electrons. The fourth-order valence-corrected chi connectivity index (χ4v) is 5.00. The number of hydrogen-bond acceptors (Lipinski definition) is 5. The lowest BCUT2D eigenvalue weighted by Gasteiger charge is -2.25. The molecule has 5 nitrogen and oxygen atoms in total. The van der Waals surface area contributed by atoms with E-state index in [0.717, 1.165) is 21.8 Å². The van der Waals surface area contributed by atoms with Crippen molar-refractivity contribution in [3.8, 4) is 5.75 Å². The standard InChI is InChI=1S/C27H27NO4S/c1-16(2)15-32-21-11-10-19(14-18(21)4)24(29)22-23(26-17(3)12-13-33-26)28(27(31)25(22)30)20-8-6-5-7-9-20/h5-14,16,23,29H,15H2,1-4H3/b24-22-. The van der Waals surface area contributed by atoms with Crippen molar-refractivity contribution in [3.63, 3.8) is 0 Å². The van der Waals surface area contributed by atoms with E-state index >= 15 is 0 Å². The highest BCUT2D eigenvalue weighted by molar-refractivity contribution is 7.10. The lowest BCUT2D eigenvalue weighted by Crippen LogP contribution is -2.29. The molecule has 1 amide bonds. The summed E-state index contributed by atoms with van der Waals surface area (Å²) in [4.78, 5) is 28.7. The number of benzene rings is 2. The highest BCUT2D eigenvalue weighted by Crippen LogP contribution is 2.44. The summed E-state index contributed by atoms with van der Waals surface area (Å²) in [6, 6.07) is 15.7. The molecule has 4 rings (SSSR count). The second kappa shape index (κ2) is 9.24. The van der Waals surface area contributed by atoms with E-state index in [2.05, 4.69) is 13.8 Å². The summed E-state index contributed by atoms with van der Waals surface area (Å²) in [5.74, 6) is -0.389. The molecule has 1 fully saturated rings. The molecule has 0 aliphatic carbocycles. The summed E-state index contributed by atoms with van der Waals surface area (Å²) >= 11 is 1.47. The Bertz CT molecular complexity index is 1230. The molecule has 3 aromatic rings. The minimum absolute atomic E-state index is 0.102. The van der Waals surface area contributed by atoms with Gasteiger partial charge in [-0.05, 0) is 72.7 Å². The van der Waals surface area contributed by atoms with Crippen LogP contribution in [0.4, 0.5) is 5.69 Å². The number of hydrogen-bond donors (Lipinski definition) is 1. The number of anilines is 1. The minimum Gasteiger partial charge on any atom is -0.507 e. The van der Waals surface area contributed by atoms with Gasteiger partial charge in [0.05, 0.1) is 12.2 Å². The largest absolute Gasteiger partial charge is 0.507 e. The van der Waals surface area contributed by atoms with Crippen LogP contribution in [0.3, 0.4) is 0 Å². The van der Waals surface area contributed by atoms with Crippen molar-refractivity contribution in [2.45, 2.75) is 33.7 Å². The van der Waals surface area contributed by atoms with Gasteiger partial charge >= 0.3 is 0 Å². The van der Waals surface area contributed by atoms with Crippen molar-refractivity contribution in [1.82, 2.24) is 0 Å². The lowest BCUT2D eigenvalue weighted by atomic mass is 9.97. The van der Waals surface area contributed by atoms with Gasteiger partial charge in [0.15, 0.2) is 0 Å². The Morgan fingerprint density at radius 1 is 1.06 bits per heavy atom. The van der Waals surface area contributed by atoms with Gasteiger partial charge in [0.25, 0.3) is 11.7 Å². The maximum atomic E-state index is 13.2. The van der Waals surface area contributed by atoms with Gasteiger partial charge in [-0.25, -0.2) is 0 Å². The molecule has 0 spiro atoms. The molecule has 170 valence electrons. The number of ether oxygens (including phenoxy) is 1. The van der Waals surface area contributed by atoms with Gasteiger partial charge in [0.2, 0.25) is 0 Å². The van der Waals surface area contributed by atoms with E-state index in [0.29, 0.717) is 23.8 Å². The van der Waals surface area contributed by atoms with Gasteiger partial charge in [-0.3, -0.25) is 14.5 Å². The number of carbonyl (C=O) groups excluding carboxylic acids is 2. The number of aliphatic hydroxyl groups excluding tert-OH is 1. The zero-order valence-corrected chi connectivity index (χ0v) is 20.0. The second-order valence-corrected chi connectivity index (χ2v) is 9.61. The summed E-state index contributed by atoms with van der Waals surface area (Å²) in [7, 11) is 0. The number of Topliss-reactive ketones (excluding diaryl/α,β-unsaturated/α-hetero) is 1. The number of nitrogens with zero attached hydrogens (tertiary/aromatic N) is 1. The van der Waals surface area contributed by atoms with Gasteiger partial charge in [0, 0.05) is 16.1 Å². The molecule has 1 aliphatic heterocycles. The molecule has 0 bridgehead atoms. The molecule has 2 aromatic carbocycles. The van der Waals surface area contributed by atoms with Crippen LogP contribution in [0.25, 0.3) is 5.76 Å². The SMILES string of the molecule is Cc1cc(/C(O)=C2/C(=O)C(=O)N(c3ccccc3)C2c2sccc2C)ccc1OCC(C)C. The van der Waals surface area contributed by atoms with Gasteiger partial charge in [-0.2, -0.15) is 0 Å². The Morgan fingerprint density at radius 2 is 1.79 bits per heavy atom. The molecule has 33 heavy (non-hydrogen) atoms. The van der Waals surface area contributed by atoms with Crippen molar-refractivity contribution in [2.75, 3.05) is 11.5 Å². The quantitative estimate of drug-likeness (QED) is 0.277. The number of aliphatic hydroxyl groups is 1. The molecule has 1 unspecified atom stereocenters. The van der Waals surface area contributed by atoms with Crippen LogP contribution in [0.5, 0.6) is 5.75 Å². The third-order valence-electron chi connectivity index (χ3n) is 5.65. The highest BCUT2D eigenvalue weighted by Gasteiger charge is 2.47. The van der Waals surface area contributed by atoms with Gasteiger partial charge in [0.1, 0.15) is 17.6 Å². The fraction of sp³-hybridized carbons (Fsp3) is 0.259. The van der Waals surface area contributed by atoms with Crippen LogP contribution in [0.2, 0.25) is 0 Å². The first-order valence-electron chi connectivity index (χ1n) is 10.9. The van der Waals surface area contributed by atoms with Crippen LogP contribution >= 0.6 is 11.3 Å². The van der Waals surface area contributed by atoms with Crippen molar-refractivity contribution < 1.29 is 19.4 Å². The zero-order valence-electron chi connectivity index (χ0n) is 19.2. The Kier molecular flexibility index (Phi) is 6.38. The van der Waals surface area contributed by atoms with E-state index in [4.69, 9.17) is 4.74 Å². The van der Waals surface area contributed by atoms with E-state index in [9.17, 15) is 14.7 Å². The summed E-state index contributed by atoms with van der Waals surface area (Å²) in [6.07, 6.45) is 0. The Morgan fingerprint density at radius 3 is 2.39 bits per heavy atom. The van der Waals surface area contributed by atoms with E-state index in [1.54, 1.807) is 30.3 Å². The molecule has 2 heterocycles. The molecule has 1 saturated heterocycles. The zero-order chi connectivity index (χ0) is 23.7. The highest BCUT2D eigenvalue weighted by atomic mass is 32.1. The number of thiophene rings is 1. The number of rotatable bonds is 6. The molecular formula is C27H27NO4S. The fourth-order valence-electron chi connectivity index (χ4n) is 3.97. The molecule has 1 atom stereocenters. The third-order valence-corrected chi connectivity index (χ3v) is 6.72. The maximum Gasteiger partial charge on any atom is 0.300 e. The van der Waals surface area contributed by atoms with Gasteiger partial charge < -0.3 is 9.84 Å². The molecule has 6 heteroatoms. The monoisotopic (exact) mass is 461 g/mol. The van der Waals surface area contributed by atoms with Gasteiger partial charge in [-0.1, -0.05) is 32.0 Å². The predicted molar refractivity (Wildman–Crippen MR) is 132 cm³/mol. The predicted octanol–water partition coefficient (Wildman–Crippen LogP) is 6.03. The van der Waals surface area contributed by atoms with Crippen LogP contribution in [0.15, 0.2) is 65.6 Å². The van der Waals surface area contributed by atoms with Crippen LogP contribution in [0.1, 0.15) is 41.5 Å². The Hall–Kier alpha value is -3.38. The molecule has 1 aliphatic rings. The van der Waals surface area contributed by atoms with E-state index in [1.165, 1.54) is 16.2 Å². The van der Waals surface area contributed by atoms with Crippen LogP contribution < -0.4 is 9.64 Å². The molecular weight excluding hydrogens is 434 g/mol. The number of carbonyl (C=O) groups is 2. The minimum atomic E-state index is -0.690. The average molecular weight is 462 g/mol. The van der Waals surface area contributed by atoms with E-state index in [-0.39, 0.29) is 11.3 Å². The molecule has 1 N–H and O–H groups in total. The summed E-state index contributed by atoms with van der Waals surface area (Å²) in [5, 5.41) is 13.2. The molecule has 0 saturated carbocycles. The number of ketones is 1. The summed E-state index contributed by atoms with van der Waals surface area (Å²) in [5.41, 5.74) is 3.01. The first kappa shape index (κ1) is 22.8. The van der Waals surface area contributed by atoms with Crippen molar-refractivity contribution in [3.05, 3.63) is 87.1 Å². The van der Waals surface area contributed by atoms with Crippen molar-refractivity contribution >= 4 is 34.5 Å². The summed E-state index contributed by atoms with van der Waals surface area (Å²) in [6.45, 7) is 8.59. The van der Waals surface area contributed by atoms with Gasteiger partial charge in [-0.15, -0.1) is 11.3 Å². The average Bonchev–Trinajstić information content (AvgIpc) is 3.33. The Labute approximate surface area is 197 Å². The first-order chi connectivity index (χ1) is 15.8. The van der Waals surface area contributed by atoms with Crippen LogP contribution in [0, 0.1) is 19.8 Å². The van der Waals surface area contributed by atoms with Crippen LogP contribution in [-0.4, -0.2) is 23.4 Å². The third kappa shape index (κ3) is 4.31. The molecule has 1 aromatic heterocycles. The first-order valence-corrected chi connectivity index (χ1v) is 11.8.